The number of carbonyl (C=O) groups is 1. The molecule has 168 valence electrons. The molecule has 4 N–H and O–H groups in total. The van der Waals surface area contributed by atoms with Crippen LogP contribution < -0.4 is 10.6 Å². The number of nitrogens with one attached hydrogen (secondary N) is 3. The Morgan fingerprint density at radius 1 is 1.25 bits per heavy atom. The average molecular weight is 460 g/mol. The lowest BCUT2D eigenvalue weighted by atomic mass is 9.86. The van der Waals surface area contributed by atoms with Gasteiger partial charge >= 0.3 is 6.09 Å². The fourth-order valence-electron chi connectivity index (χ4n) is 3.85. The zero-order valence-corrected chi connectivity index (χ0v) is 18.4. The second-order valence-electron chi connectivity index (χ2n) is 7.81. The first-order valence-electron chi connectivity index (χ1n) is 10.2. The van der Waals surface area contributed by atoms with Crippen molar-refractivity contribution in [2.45, 2.75) is 32.6 Å². The van der Waals surface area contributed by atoms with Crippen LogP contribution in [0.4, 0.5) is 32.5 Å². The van der Waals surface area contributed by atoms with Gasteiger partial charge in [0.05, 0.1) is 11.9 Å². The topological polar surface area (TPSA) is 119 Å². The first-order valence-corrected chi connectivity index (χ1v) is 10.5. The maximum atomic E-state index is 14.9. The van der Waals surface area contributed by atoms with Crippen LogP contribution in [0, 0.1) is 19.7 Å². The highest BCUT2D eigenvalue weighted by atomic mass is 35.5. The van der Waals surface area contributed by atoms with Gasteiger partial charge in [-0.15, -0.1) is 0 Å². The third-order valence-electron chi connectivity index (χ3n) is 5.50. The van der Waals surface area contributed by atoms with E-state index in [1.54, 1.807) is 12.1 Å². The minimum Gasteiger partial charge on any atom is -0.465 e. The molecule has 1 saturated heterocycles. The number of aromatic nitrogens is 4. The van der Waals surface area contributed by atoms with Crippen LogP contribution in [-0.4, -0.2) is 49.4 Å². The Morgan fingerprint density at radius 2 is 2.00 bits per heavy atom. The number of aromatic amines is 1. The Morgan fingerprint density at radius 3 is 2.66 bits per heavy atom. The van der Waals surface area contributed by atoms with Crippen molar-refractivity contribution in [3.05, 3.63) is 52.1 Å². The molecule has 32 heavy (non-hydrogen) atoms. The van der Waals surface area contributed by atoms with Gasteiger partial charge in [-0.1, -0.05) is 11.6 Å². The average Bonchev–Trinajstić information content (AvgIpc) is 3.17. The van der Waals surface area contributed by atoms with Gasteiger partial charge in [0.15, 0.2) is 11.6 Å². The number of likely N-dealkylation sites (tertiary alicyclic amines) is 1. The SMILES string of the molecule is Cc1cc(Nc2nc(Nc3cc(C)c(C4CCN(C(=O)O)CC4)cc3F)ncc2Cl)n[nH]1. The summed E-state index contributed by atoms with van der Waals surface area (Å²) in [6.45, 7) is 4.69. The predicted molar refractivity (Wildman–Crippen MR) is 120 cm³/mol. The standard InChI is InChI=1S/C21H23ClFN7O2/c1-11-7-17(16(23)9-14(11)13-3-5-30(6-4-13)21(31)32)25-20-24-10-15(22)19(27-20)26-18-8-12(2)28-29-18/h7-10,13H,3-6H2,1-2H3,(H,31,32)(H3,24,25,26,27,28,29). The lowest BCUT2D eigenvalue weighted by Gasteiger charge is -2.31. The molecule has 0 atom stereocenters. The van der Waals surface area contributed by atoms with Gasteiger partial charge in [-0.05, 0) is 55.9 Å². The molecular formula is C21H23ClFN7O2. The molecule has 0 unspecified atom stereocenters. The summed E-state index contributed by atoms with van der Waals surface area (Å²) < 4.78 is 14.9. The van der Waals surface area contributed by atoms with E-state index in [4.69, 9.17) is 16.7 Å². The molecule has 1 aliphatic rings. The molecule has 4 rings (SSSR count). The van der Waals surface area contributed by atoms with Gasteiger partial charge in [0.25, 0.3) is 0 Å². The Labute approximate surface area is 189 Å². The number of rotatable bonds is 5. The zero-order chi connectivity index (χ0) is 22.8. The maximum Gasteiger partial charge on any atom is 0.407 e. The number of piperidine rings is 1. The summed E-state index contributed by atoms with van der Waals surface area (Å²) in [6, 6.07) is 5.03. The molecule has 3 aromatic rings. The molecule has 1 aromatic carbocycles. The van der Waals surface area contributed by atoms with Crippen LogP contribution in [0.15, 0.2) is 24.4 Å². The number of hydrogen-bond acceptors (Lipinski definition) is 6. The van der Waals surface area contributed by atoms with E-state index in [0.717, 1.165) is 16.8 Å². The molecule has 9 nitrogen and oxygen atoms in total. The lowest BCUT2D eigenvalue weighted by molar-refractivity contribution is 0.132. The summed E-state index contributed by atoms with van der Waals surface area (Å²) in [6.07, 6.45) is 1.85. The minimum absolute atomic E-state index is 0.119. The first-order chi connectivity index (χ1) is 15.3. The van der Waals surface area contributed by atoms with Crippen molar-refractivity contribution < 1.29 is 14.3 Å². The molecule has 1 amide bonds. The van der Waals surface area contributed by atoms with E-state index < -0.39 is 11.9 Å². The van der Waals surface area contributed by atoms with Crippen LogP contribution in [0.5, 0.6) is 0 Å². The van der Waals surface area contributed by atoms with Gasteiger partial charge in [-0.3, -0.25) is 5.10 Å². The minimum atomic E-state index is -0.912. The molecule has 1 fully saturated rings. The third-order valence-corrected chi connectivity index (χ3v) is 5.78. The summed E-state index contributed by atoms with van der Waals surface area (Å²) in [5, 5.41) is 22.2. The van der Waals surface area contributed by atoms with Crippen LogP contribution >= 0.6 is 11.6 Å². The van der Waals surface area contributed by atoms with Gasteiger partial charge in [0, 0.05) is 24.8 Å². The van der Waals surface area contributed by atoms with Crippen molar-refractivity contribution in [3.63, 3.8) is 0 Å². The normalized spacial score (nSPS) is 14.4. The highest BCUT2D eigenvalue weighted by molar-refractivity contribution is 6.32. The largest absolute Gasteiger partial charge is 0.465 e. The van der Waals surface area contributed by atoms with Crippen molar-refractivity contribution in [1.82, 2.24) is 25.1 Å². The quantitative estimate of drug-likeness (QED) is 0.426. The van der Waals surface area contributed by atoms with Crippen molar-refractivity contribution in [1.29, 1.82) is 0 Å². The number of carboxylic acid groups (broad SMARTS) is 1. The number of halogens is 2. The predicted octanol–water partition coefficient (Wildman–Crippen LogP) is 4.95. The van der Waals surface area contributed by atoms with Crippen molar-refractivity contribution in [2.24, 2.45) is 0 Å². The number of benzene rings is 1. The molecule has 3 heterocycles. The van der Waals surface area contributed by atoms with E-state index in [1.807, 2.05) is 13.8 Å². The van der Waals surface area contributed by atoms with E-state index in [2.05, 4.69) is 30.8 Å². The molecule has 1 aliphatic heterocycles. The van der Waals surface area contributed by atoms with Crippen LogP contribution in [0.2, 0.25) is 5.02 Å². The molecule has 0 saturated carbocycles. The van der Waals surface area contributed by atoms with E-state index in [-0.39, 0.29) is 17.6 Å². The monoisotopic (exact) mass is 459 g/mol. The van der Waals surface area contributed by atoms with E-state index >= 15 is 0 Å². The summed E-state index contributed by atoms with van der Waals surface area (Å²) >= 11 is 6.18. The lowest BCUT2D eigenvalue weighted by Crippen LogP contribution is -2.36. The van der Waals surface area contributed by atoms with Gasteiger partial charge in [0.2, 0.25) is 5.95 Å². The third kappa shape index (κ3) is 4.75. The first kappa shape index (κ1) is 21.8. The molecule has 11 heteroatoms. The van der Waals surface area contributed by atoms with Crippen molar-refractivity contribution in [2.75, 3.05) is 23.7 Å². The molecule has 0 aliphatic carbocycles. The molecular weight excluding hydrogens is 437 g/mol. The maximum absolute atomic E-state index is 14.9. The fraction of sp³-hybridized carbons (Fsp3) is 0.333. The molecule has 2 aromatic heterocycles. The zero-order valence-electron chi connectivity index (χ0n) is 17.6. The molecule has 0 bridgehead atoms. The summed E-state index contributed by atoms with van der Waals surface area (Å²) in [5.74, 6) is 0.769. The number of amides is 1. The molecule has 0 radical (unpaired) electrons. The fourth-order valence-corrected chi connectivity index (χ4v) is 3.99. The van der Waals surface area contributed by atoms with E-state index in [9.17, 15) is 9.18 Å². The number of anilines is 4. The molecule has 0 spiro atoms. The second kappa shape index (κ2) is 8.99. The Hall–Kier alpha value is -3.40. The van der Waals surface area contributed by atoms with Crippen molar-refractivity contribution in [3.8, 4) is 0 Å². The van der Waals surface area contributed by atoms with Crippen LogP contribution in [0.1, 0.15) is 35.6 Å². The van der Waals surface area contributed by atoms with Crippen molar-refractivity contribution >= 4 is 41.0 Å². The van der Waals surface area contributed by atoms with Gasteiger partial charge in [-0.25, -0.2) is 14.2 Å². The Kier molecular flexibility index (Phi) is 6.13. The number of H-pyrrole nitrogens is 1. The Bertz CT molecular complexity index is 1150. The summed E-state index contributed by atoms with van der Waals surface area (Å²) in [4.78, 5) is 21.0. The number of nitrogens with zero attached hydrogens (tertiary/aromatic N) is 4. The highest BCUT2D eigenvalue weighted by Gasteiger charge is 2.25. The van der Waals surface area contributed by atoms with Gasteiger partial charge in [-0.2, -0.15) is 10.1 Å². The highest BCUT2D eigenvalue weighted by Crippen LogP contribution is 2.34. The Balaban J connectivity index is 1.51. The number of aryl methyl sites for hydroxylation is 2. The smallest absolute Gasteiger partial charge is 0.407 e. The van der Waals surface area contributed by atoms with Crippen LogP contribution in [0.25, 0.3) is 0 Å². The van der Waals surface area contributed by atoms with Crippen LogP contribution in [0.3, 0.4) is 0 Å². The van der Waals surface area contributed by atoms with Gasteiger partial charge < -0.3 is 20.6 Å². The van der Waals surface area contributed by atoms with E-state index in [0.29, 0.717) is 42.6 Å². The van der Waals surface area contributed by atoms with Crippen LogP contribution in [-0.2, 0) is 0 Å². The van der Waals surface area contributed by atoms with E-state index in [1.165, 1.54) is 17.2 Å². The summed E-state index contributed by atoms with van der Waals surface area (Å²) in [5.41, 5.74) is 2.94. The second-order valence-corrected chi connectivity index (χ2v) is 8.22. The number of hydrogen-bond donors (Lipinski definition) is 4. The summed E-state index contributed by atoms with van der Waals surface area (Å²) in [7, 11) is 0. The van der Waals surface area contributed by atoms with Gasteiger partial charge in [0.1, 0.15) is 10.8 Å².